The van der Waals surface area contributed by atoms with Crippen LogP contribution in [-0.2, 0) is 14.3 Å². The van der Waals surface area contributed by atoms with Gasteiger partial charge < -0.3 is 9.84 Å². The molecule has 4 nitrogen and oxygen atoms in total. The summed E-state index contributed by atoms with van der Waals surface area (Å²) in [5.41, 5.74) is -0.259. The van der Waals surface area contributed by atoms with Gasteiger partial charge in [-0.1, -0.05) is 39.7 Å². The fraction of sp³-hybridized carbons (Fsp3) is 0.714. The summed E-state index contributed by atoms with van der Waals surface area (Å²) in [5, 5.41) is 8.97. The molecule has 0 aromatic heterocycles. The minimum Gasteiger partial charge on any atom is -0.481 e. The Kier molecular flexibility index (Phi) is 4.93. The molecule has 0 aliphatic heterocycles. The second-order valence-electron chi connectivity index (χ2n) is 5.40. The average Bonchev–Trinajstić information content (AvgIpc) is 2.84. The number of rotatable bonds is 7. The smallest absolute Gasteiger partial charge is 0.330 e. The van der Waals surface area contributed by atoms with Crippen molar-refractivity contribution in [3.63, 3.8) is 0 Å². The molecule has 0 bridgehead atoms. The van der Waals surface area contributed by atoms with Crippen LogP contribution in [0.1, 0.15) is 40.0 Å². The molecule has 2 unspecified atom stereocenters. The number of carboxylic acid groups (broad SMARTS) is 1. The summed E-state index contributed by atoms with van der Waals surface area (Å²) < 4.78 is 5.01. The van der Waals surface area contributed by atoms with Gasteiger partial charge in [-0.05, 0) is 17.8 Å². The van der Waals surface area contributed by atoms with E-state index >= 15 is 0 Å². The van der Waals surface area contributed by atoms with Crippen LogP contribution in [0.5, 0.6) is 0 Å². The van der Waals surface area contributed by atoms with Crippen molar-refractivity contribution in [2.45, 2.75) is 40.0 Å². The number of carbonyl (C=O) groups excluding carboxylic acids is 1. The van der Waals surface area contributed by atoms with Crippen LogP contribution in [0.3, 0.4) is 0 Å². The molecule has 1 rings (SSSR count). The first-order valence-electron chi connectivity index (χ1n) is 6.49. The van der Waals surface area contributed by atoms with Crippen molar-refractivity contribution in [2.75, 3.05) is 6.61 Å². The number of esters is 1. The third kappa shape index (κ3) is 3.59. The molecule has 0 saturated heterocycles. The highest BCUT2D eigenvalue weighted by molar-refractivity contribution is 5.83. The largest absolute Gasteiger partial charge is 0.481 e. The van der Waals surface area contributed by atoms with Crippen molar-refractivity contribution in [1.29, 1.82) is 0 Å². The molecule has 0 spiro atoms. The predicted octanol–water partition coefficient (Wildman–Crippen LogP) is 2.63. The molecule has 1 N–H and O–H groups in total. The lowest BCUT2D eigenvalue weighted by atomic mass is 10.1. The standard InChI is InChI=1S/C14H22O4/c1-4-5-6-9-18-11(15)8-7-10-12(13(16)17)14(10,2)3/h7-8,10,12H,4-6,9H2,1-3H3,(H,16,17). The van der Waals surface area contributed by atoms with E-state index in [9.17, 15) is 9.59 Å². The van der Waals surface area contributed by atoms with Crippen LogP contribution in [0.15, 0.2) is 12.2 Å². The summed E-state index contributed by atoms with van der Waals surface area (Å²) in [6.45, 7) is 6.32. The highest BCUT2D eigenvalue weighted by Gasteiger charge is 2.60. The Morgan fingerprint density at radius 1 is 1.33 bits per heavy atom. The van der Waals surface area contributed by atoms with Gasteiger partial charge in [0.15, 0.2) is 0 Å². The fourth-order valence-corrected chi connectivity index (χ4v) is 2.26. The zero-order chi connectivity index (χ0) is 13.8. The Balaban J connectivity index is 2.33. The van der Waals surface area contributed by atoms with Crippen molar-refractivity contribution in [2.24, 2.45) is 17.3 Å². The van der Waals surface area contributed by atoms with Crippen LogP contribution in [0, 0.1) is 17.3 Å². The van der Waals surface area contributed by atoms with Crippen LogP contribution in [-0.4, -0.2) is 23.7 Å². The molecule has 102 valence electrons. The predicted molar refractivity (Wildman–Crippen MR) is 68.0 cm³/mol. The summed E-state index contributed by atoms with van der Waals surface area (Å²) in [4.78, 5) is 22.3. The summed E-state index contributed by atoms with van der Waals surface area (Å²) >= 11 is 0. The quantitative estimate of drug-likeness (QED) is 0.431. The van der Waals surface area contributed by atoms with Crippen molar-refractivity contribution in [1.82, 2.24) is 0 Å². The number of carbonyl (C=O) groups is 2. The van der Waals surface area contributed by atoms with Gasteiger partial charge in [0.2, 0.25) is 0 Å². The maximum atomic E-state index is 11.4. The molecule has 1 fully saturated rings. The third-order valence-electron chi connectivity index (χ3n) is 3.61. The van der Waals surface area contributed by atoms with E-state index in [2.05, 4.69) is 6.92 Å². The molecule has 0 aromatic rings. The first-order valence-corrected chi connectivity index (χ1v) is 6.49. The highest BCUT2D eigenvalue weighted by Crippen LogP contribution is 2.58. The molecule has 0 aromatic carbocycles. The van der Waals surface area contributed by atoms with Crippen molar-refractivity contribution < 1.29 is 19.4 Å². The van der Waals surface area contributed by atoms with Crippen LogP contribution >= 0.6 is 0 Å². The lowest BCUT2D eigenvalue weighted by Crippen LogP contribution is -2.03. The number of aliphatic carboxylic acids is 1. The fourth-order valence-electron chi connectivity index (χ4n) is 2.26. The van der Waals surface area contributed by atoms with E-state index in [1.165, 1.54) is 6.08 Å². The maximum Gasteiger partial charge on any atom is 0.330 e. The van der Waals surface area contributed by atoms with Gasteiger partial charge in [-0.15, -0.1) is 0 Å². The van der Waals surface area contributed by atoms with Crippen molar-refractivity contribution >= 4 is 11.9 Å². The van der Waals surface area contributed by atoms with Gasteiger partial charge in [0.25, 0.3) is 0 Å². The molecule has 1 saturated carbocycles. The van der Waals surface area contributed by atoms with Gasteiger partial charge >= 0.3 is 11.9 Å². The number of hydrogen-bond acceptors (Lipinski definition) is 3. The minimum atomic E-state index is -0.800. The van der Waals surface area contributed by atoms with Crippen LogP contribution < -0.4 is 0 Å². The summed E-state index contributed by atoms with van der Waals surface area (Å²) in [6.07, 6.45) is 6.04. The van der Waals surface area contributed by atoms with Crippen LogP contribution in [0.25, 0.3) is 0 Å². The van der Waals surface area contributed by atoms with E-state index in [0.29, 0.717) is 6.61 Å². The lowest BCUT2D eigenvalue weighted by molar-refractivity contribution is -0.140. The SMILES string of the molecule is CCCCCOC(=O)C=CC1C(C(=O)O)C1(C)C. The molecular formula is C14H22O4. The molecule has 1 aliphatic carbocycles. The van der Waals surface area contributed by atoms with E-state index in [1.807, 2.05) is 13.8 Å². The lowest BCUT2D eigenvalue weighted by Gasteiger charge is -2.00. The number of hydrogen-bond donors (Lipinski definition) is 1. The molecule has 0 radical (unpaired) electrons. The number of allylic oxidation sites excluding steroid dienone is 1. The topological polar surface area (TPSA) is 63.6 Å². The second kappa shape index (κ2) is 6.03. The Labute approximate surface area is 108 Å². The zero-order valence-electron chi connectivity index (χ0n) is 11.3. The Morgan fingerprint density at radius 2 is 2.00 bits per heavy atom. The summed E-state index contributed by atoms with van der Waals surface area (Å²) in [6, 6.07) is 0. The number of carboxylic acids is 1. The summed E-state index contributed by atoms with van der Waals surface area (Å²) in [5.74, 6) is -1.64. The van der Waals surface area contributed by atoms with Gasteiger partial charge in [-0.25, -0.2) is 4.79 Å². The summed E-state index contributed by atoms with van der Waals surface area (Å²) in [7, 11) is 0. The average molecular weight is 254 g/mol. The Bertz CT molecular complexity index is 344. The zero-order valence-corrected chi connectivity index (χ0v) is 11.3. The number of unbranched alkanes of at least 4 members (excludes halogenated alkanes) is 2. The van der Waals surface area contributed by atoms with E-state index in [1.54, 1.807) is 6.08 Å². The van der Waals surface area contributed by atoms with Gasteiger partial charge in [0.1, 0.15) is 0 Å². The molecule has 18 heavy (non-hydrogen) atoms. The molecule has 4 heteroatoms. The molecular weight excluding hydrogens is 232 g/mol. The van der Waals surface area contributed by atoms with Crippen molar-refractivity contribution in [3.05, 3.63) is 12.2 Å². The first-order chi connectivity index (χ1) is 8.41. The normalized spacial score (nSPS) is 25.1. The van der Waals surface area contributed by atoms with E-state index in [-0.39, 0.29) is 23.2 Å². The van der Waals surface area contributed by atoms with Crippen LogP contribution in [0.2, 0.25) is 0 Å². The monoisotopic (exact) mass is 254 g/mol. The van der Waals surface area contributed by atoms with Gasteiger partial charge in [-0.3, -0.25) is 4.79 Å². The van der Waals surface area contributed by atoms with Crippen molar-refractivity contribution in [3.8, 4) is 0 Å². The second-order valence-corrected chi connectivity index (χ2v) is 5.40. The molecule has 0 amide bonds. The Morgan fingerprint density at radius 3 is 2.50 bits per heavy atom. The molecule has 2 atom stereocenters. The van der Waals surface area contributed by atoms with E-state index < -0.39 is 5.97 Å². The van der Waals surface area contributed by atoms with Gasteiger partial charge in [-0.2, -0.15) is 0 Å². The third-order valence-corrected chi connectivity index (χ3v) is 3.61. The Hall–Kier alpha value is -1.32. The molecule has 0 heterocycles. The van der Waals surface area contributed by atoms with E-state index in [4.69, 9.17) is 9.84 Å². The minimum absolute atomic E-state index is 0.0711. The first kappa shape index (κ1) is 14.7. The number of ether oxygens (including phenoxy) is 1. The van der Waals surface area contributed by atoms with Crippen LogP contribution in [0.4, 0.5) is 0 Å². The van der Waals surface area contributed by atoms with Gasteiger partial charge in [0, 0.05) is 6.08 Å². The highest BCUT2D eigenvalue weighted by atomic mass is 16.5. The van der Waals surface area contributed by atoms with Gasteiger partial charge in [0.05, 0.1) is 12.5 Å². The maximum absolute atomic E-state index is 11.4. The molecule has 1 aliphatic rings. The van der Waals surface area contributed by atoms with E-state index in [0.717, 1.165) is 19.3 Å².